The summed E-state index contributed by atoms with van der Waals surface area (Å²) in [6.45, 7) is 6.19. The molecule has 0 bridgehead atoms. The molecule has 0 aromatic heterocycles. The fourth-order valence-electron chi connectivity index (χ4n) is 5.45. The summed E-state index contributed by atoms with van der Waals surface area (Å²) in [6.07, 6.45) is 55.7. The van der Waals surface area contributed by atoms with Crippen molar-refractivity contribution in [2.75, 3.05) is 13.2 Å². The number of hydrogen-bond acceptors (Lipinski definition) is 6. The number of carbonyl (C=O) groups is 3. The standard InChI is InChI=1S/C49H78O6/c1-4-7-10-13-16-19-21-23-24-26-27-30-33-36-39-42-48(51)54-45-46(44-53-47(50)41-38-35-32-29-18-15-12-9-6-3)55-49(52)43-40-37-34-31-28-25-22-20-17-14-11-8-5-2/h8-9,11-12,14,17-22,25,28-29,35,38,46H,4-7,10,13,15-16,23-24,26-27,30-34,36-37,39-45H2,1-3H3/b11-8-,12-9-,17-14-,21-19-,22-20-,28-25-,29-18-,38-35-. The zero-order chi connectivity index (χ0) is 40.1. The van der Waals surface area contributed by atoms with Crippen LogP contribution in [0, 0.1) is 0 Å². The van der Waals surface area contributed by atoms with Crippen LogP contribution in [0.2, 0.25) is 0 Å². The van der Waals surface area contributed by atoms with Gasteiger partial charge in [-0.15, -0.1) is 0 Å². The van der Waals surface area contributed by atoms with Gasteiger partial charge in [-0.05, 0) is 77.0 Å². The van der Waals surface area contributed by atoms with E-state index >= 15 is 0 Å². The average molecular weight is 763 g/mol. The number of rotatable bonds is 37. The van der Waals surface area contributed by atoms with Crippen LogP contribution >= 0.6 is 0 Å². The lowest BCUT2D eigenvalue weighted by Crippen LogP contribution is -2.30. The topological polar surface area (TPSA) is 78.9 Å². The van der Waals surface area contributed by atoms with Crippen molar-refractivity contribution < 1.29 is 28.6 Å². The first-order valence-electron chi connectivity index (χ1n) is 21.8. The zero-order valence-corrected chi connectivity index (χ0v) is 35.1. The first-order valence-corrected chi connectivity index (χ1v) is 21.8. The highest BCUT2D eigenvalue weighted by molar-refractivity contribution is 5.72. The van der Waals surface area contributed by atoms with Gasteiger partial charge in [-0.3, -0.25) is 14.4 Å². The molecule has 0 aromatic carbocycles. The first-order chi connectivity index (χ1) is 27.0. The molecule has 0 aromatic rings. The number of carbonyl (C=O) groups excluding carboxylic acids is 3. The second kappa shape index (κ2) is 43.1. The van der Waals surface area contributed by atoms with E-state index in [4.69, 9.17) is 14.2 Å². The highest BCUT2D eigenvalue weighted by Gasteiger charge is 2.19. The van der Waals surface area contributed by atoms with Crippen molar-refractivity contribution in [2.24, 2.45) is 0 Å². The molecule has 0 aliphatic heterocycles. The third-order valence-electron chi connectivity index (χ3n) is 8.68. The Kier molecular flexibility index (Phi) is 40.2. The van der Waals surface area contributed by atoms with Crippen LogP contribution in [-0.2, 0) is 28.6 Å². The maximum atomic E-state index is 12.7. The van der Waals surface area contributed by atoms with E-state index in [1.165, 1.54) is 64.2 Å². The Balaban J connectivity index is 4.51. The normalized spacial score (nSPS) is 13.0. The summed E-state index contributed by atoms with van der Waals surface area (Å²) >= 11 is 0. The van der Waals surface area contributed by atoms with E-state index in [-0.39, 0.29) is 38.0 Å². The van der Waals surface area contributed by atoms with Gasteiger partial charge in [0.25, 0.3) is 0 Å². The third kappa shape index (κ3) is 41.3. The molecule has 0 saturated heterocycles. The molecule has 0 N–H and O–H groups in total. The van der Waals surface area contributed by atoms with Gasteiger partial charge < -0.3 is 14.2 Å². The Morgan fingerprint density at radius 2 is 0.873 bits per heavy atom. The third-order valence-corrected chi connectivity index (χ3v) is 8.68. The summed E-state index contributed by atoms with van der Waals surface area (Å²) < 4.78 is 16.5. The molecule has 0 saturated carbocycles. The molecule has 0 rings (SSSR count). The van der Waals surface area contributed by atoms with Gasteiger partial charge in [0.1, 0.15) is 13.2 Å². The molecule has 310 valence electrons. The minimum atomic E-state index is -0.833. The van der Waals surface area contributed by atoms with Crippen LogP contribution < -0.4 is 0 Å². The second-order valence-electron chi connectivity index (χ2n) is 13.9. The van der Waals surface area contributed by atoms with E-state index in [1.807, 2.05) is 42.5 Å². The summed E-state index contributed by atoms with van der Waals surface area (Å²) in [5.41, 5.74) is 0. The SMILES string of the molecule is CC\C=C/C=C\C=C/C=C\CCCCCC(=O)OC(COC(=O)C/C=C\C/C=C\C/C=C\CC)COC(=O)CCCCCCCCC/C=C\CCCCCC. The minimum absolute atomic E-state index is 0.123. The quantitative estimate of drug-likeness (QED) is 0.0206. The van der Waals surface area contributed by atoms with Crippen molar-refractivity contribution in [1.29, 1.82) is 0 Å². The second-order valence-corrected chi connectivity index (χ2v) is 13.9. The monoisotopic (exact) mass is 763 g/mol. The lowest BCUT2D eigenvalue weighted by molar-refractivity contribution is -0.166. The van der Waals surface area contributed by atoms with Crippen molar-refractivity contribution in [2.45, 2.75) is 181 Å². The Bertz CT molecular complexity index is 1150. The van der Waals surface area contributed by atoms with E-state index in [9.17, 15) is 14.4 Å². The molecule has 6 heteroatoms. The van der Waals surface area contributed by atoms with E-state index in [2.05, 4.69) is 69.4 Å². The van der Waals surface area contributed by atoms with Gasteiger partial charge in [-0.2, -0.15) is 0 Å². The maximum absolute atomic E-state index is 12.7. The Morgan fingerprint density at radius 3 is 1.49 bits per heavy atom. The van der Waals surface area contributed by atoms with Crippen molar-refractivity contribution >= 4 is 17.9 Å². The largest absolute Gasteiger partial charge is 0.462 e. The average Bonchev–Trinajstić information content (AvgIpc) is 3.18. The lowest BCUT2D eigenvalue weighted by Gasteiger charge is -2.18. The van der Waals surface area contributed by atoms with Crippen LogP contribution in [-0.4, -0.2) is 37.2 Å². The lowest BCUT2D eigenvalue weighted by atomic mass is 10.1. The molecule has 0 amide bonds. The van der Waals surface area contributed by atoms with E-state index in [0.717, 1.165) is 64.2 Å². The van der Waals surface area contributed by atoms with Crippen LogP contribution in [0.15, 0.2) is 97.2 Å². The fraction of sp³-hybridized carbons (Fsp3) is 0.612. The number of allylic oxidation sites excluding steroid dienone is 15. The number of esters is 3. The summed E-state index contributed by atoms with van der Waals surface area (Å²) in [4.78, 5) is 37.6. The van der Waals surface area contributed by atoms with Gasteiger partial charge in [0.05, 0.1) is 6.42 Å². The highest BCUT2D eigenvalue weighted by Crippen LogP contribution is 2.12. The molecular weight excluding hydrogens is 685 g/mol. The molecule has 1 atom stereocenters. The van der Waals surface area contributed by atoms with Crippen LogP contribution in [0.25, 0.3) is 0 Å². The summed E-state index contributed by atoms with van der Waals surface area (Å²) in [5.74, 6) is -1.11. The van der Waals surface area contributed by atoms with Gasteiger partial charge in [-0.25, -0.2) is 0 Å². The predicted octanol–water partition coefficient (Wildman–Crippen LogP) is 13.9. The molecule has 6 nitrogen and oxygen atoms in total. The molecule has 0 aliphatic carbocycles. The zero-order valence-electron chi connectivity index (χ0n) is 35.1. The van der Waals surface area contributed by atoms with Gasteiger partial charge in [0.2, 0.25) is 0 Å². The Morgan fingerprint density at radius 1 is 0.418 bits per heavy atom. The van der Waals surface area contributed by atoms with Gasteiger partial charge >= 0.3 is 17.9 Å². The van der Waals surface area contributed by atoms with E-state index in [0.29, 0.717) is 12.8 Å². The molecule has 55 heavy (non-hydrogen) atoms. The molecule has 0 aliphatic rings. The van der Waals surface area contributed by atoms with Crippen LogP contribution in [0.3, 0.4) is 0 Å². The summed E-state index contributed by atoms with van der Waals surface area (Å²) in [6, 6.07) is 0. The van der Waals surface area contributed by atoms with E-state index in [1.54, 1.807) is 6.08 Å². The predicted molar refractivity (Wildman–Crippen MR) is 233 cm³/mol. The molecule has 0 heterocycles. The molecule has 0 fully saturated rings. The van der Waals surface area contributed by atoms with Crippen molar-refractivity contribution in [3.63, 3.8) is 0 Å². The van der Waals surface area contributed by atoms with Crippen LogP contribution in [0.4, 0.5) is 0 Å². The van der Waals surface area contributed by atoms with Gasteiger partial charge in [-0.1, -0.05) is 176 Å². The smallest absolute Gasteiger partial charge is 0.309 e. The molecule has 0 radical (unpaired) electrons. The summed E-state index contributed by atoms with van der Waals surface area (Å²) in [5, 5.41) is 0. The maximum Gasteiger partial charge on any atom is 0.309 e. The molecule has 1 unspecified atom stereocenters. The number of ether oxygens (including phenoxy) is 3. The first kappa shape index (κ1) is 51.3. The van der Waals surface area contributed by atoms with E-state index < -0.39 is 12.1 Å². The minimum Gasteiger partial charge on any atom is -0.462 e. The van der Waals surface area contributed by atoms with Crippen molar-refractivity contribution in [1.82, 2.24) is 0 Å². The number of hydrogen-bond donors (Lipinski definition) is 0. The summed E-state index contributed by atoms with van der Waals surface area (Å²) in [7, 11) is 0. The Labute approximate surface area is 337 Å². The molecule has 0 spiro atoms. The van der Waals surface area contributed by atoms with Crippen LogP contribution in [0.1, 0.15) is 175 Å². The molecular formula is C49H78O6. The Hall–Kier alpha value is -3.67. The highest BCUT2D eigenvalue weighted by atomic mass is 16.6. The number of unbranched alkanes of at least 4 members (excludes halogenated alkanes) is 14. The van der Waals surface area contributed by atoms with Crippen LogP contribution in [0.5, 0.6) is 0 Å². The van der Waals surface area contributed by atoms with Crippen molar-refractivity contribution in [3.05, 3.63) is 97.2 Å². The van der Waals surface area contributed by atoms with Gasteiger partial charge in [0, 0.05) is 12.8 Å². The van der Waals surface area contributed by atoms with Crippen molar-refractivity contribution in [3.8, 4) is 0 Å². The fourth-order valence-corrected chi connectivity index (χ4v) is 5.45. The van der Waals surface area contributed by atoms with Gasteiger partial charge in [0.15, 0.2) is 6.10 Å².